The van der Waals surface area contributed by atoms with Gasteiger partial charge in [-0.25, -0.2) is 0 Å². The summed E-state index contributed by atoms with van der Waals surface area (Å²) in [5.74, 6) is -0.946. The highest BCUT2D eigenvalue weighted by Crippen LogP contribution is 2.25. The predicted molar refractivity (Wildman–Crippen MR) is 102 cm³/mol. The molecular weight excluding hydrogens is 397 g/mol. The number of rotatable bonds is 8. The molecular formula is C18H17Cl2NO4S. The van der Waals surface area contributed by atoms with Crippen LogP contribution in [0.4, 0.5) is 0 Å². The van der Waals surface area contributed by atoms with Crippen molar-refractivity contribution in [3.63, 3.8) is 0 Å². The number of carbonyl (C=O) groups excluding carboxylic acids is 3. The molecule has 2 rings (SSSR count). The Morgan fingerprint density at radius 1 is 1.12 bits per heavy atom. The Balaban J connectivity index is 1.83. The highest BCUT2D eigenvalue weighted by molar-refractivity contribution is 7.14. The molecule has 0 atom stereocenters. The maximum Gasteiger partial charge on any atom is 0.310 e. The SMILES string of the molecule is CC(=O)NCCc1ccc(C(=O)COC(=O)Cc2c(Cl)cccc2Cl)s1. The summed E-state index contributed by atoms with van der Waals surface area (Å²) in [7, 11) is 0. The second-order valence-electron chi connectivity index (χ2n) is 5.46. The highest BCUT2D eigenvalue weighted by atomic mass is 35.5. The Labute approximate surface area is 165 Å². The average molecular weight is 414 g/mol. The number of hydrogen-bond donors (Lipinski definition) is 1. The van der Waals surface area contributed by atoms with Crippen LogP contribution in [0.1, 0.15) is 27.0 Å². The first kappa shape index (κ1) is 20.4. The fourth-order valence-electron chi connectivity index (χ4n) is 2.14. The van der Waals surface area contributed by atoms with Crippen molar-refractivity contribution in [1.29, 1.82) is 0 Å². The van der Waals surface area contributed by atoms with Crippen LogP contribution < -0.4 is 5.32 Å². The normalized spacial score (nSPS) is 10.4. The molecule has 0 bridgehead atoms. The van der Waals surface area contributed by atoms with Crippen LogP contribution in [-0.4, -0.2) is 30.8 Å². The van der Waals surface area contributed by atoms with Gasteiger partial charge >= 0.3 is 5.97 Å². The van der Waals surface area contributed by atoms with Crippen molar-refractivity contribution in [3.05, 3.63) is 55.7 Å². The molecule has 0 spiro atoms. The Morgan fingerprint density at radius 3 is 2.46 bits per heavy atom. The lowest BCUT2D eigenvalue weighted by molar-refractivity contribution is -0.141. The molecule has 1 aromatic heterocycles. The molecule has 138 valence electrons. The van der Waals surface area contributed by atoms with Crippen LogP contribution in [0.3, 0.4) is 0 Å². The average Bonchev–Trinajstić information content (AvgIpc) is 3.05. The van der Waals surface area contributed by atoms with Crippen molar-refractivity contribution < 1.29 is 19.1 Å². The van der Waals surface area contributed by atoms with E-state index in [-0.39, 0.29) is 24.7 Å². The standard InChI is InChI=1S/C18H17Cl2NO4S/c1-11(22)21-8-7-12-5-6-17(26-12)16(23)10-25-18(24)9-13-14(19)3-2-4-15(13)20/h2-6H,7-10H2,1H3,(H,21,22). The van der Waals surface area contributed by atoms with E-state index in [1.165, 1.54) is 18.3 Å². The zero-order valence-electron chi connectivity index (χ0n) is 14.0. The highest BCUT2D eigenvalue weighted by Gasteiger charge is 2.15. The predicted octanol–water partition coefficient (Wildman–Crippen LogP) is 3.70. The first-order chi connectivity index (χ1) is 12.4. The fraction of sp³-hybridized carbons (Fsp3) is 0.278. The third kappa shape index (κ3) is 6.12. The number of Topliss-reactive ketones (excluding diaryl/α,β-unsaturated/α-hetero) is 1. The molecule has 8 heteroatoms. The van der Waals surface area contributed by atoms with Crippen LogP contribution >= 0.6 is 34.5 Å². The first-order valence-corrected chi connectivity index (χ1v) is 9.39. The number of hydrogen-bond acceptors (Lipinski definition) is 5. The van der Waals surface area contributed by atoms with Gasteiger partial charge in [0.2, 0.25) is 11.7 Å². The maximum atomic E-state index is 12.1. The van der Waals surface area contributed by atoms with Gasteiger partial charge in [-0.2, -0.15) is 0 Å². The van der Waals surface area contributed by atoms with Crippen LogP contribution in [0, 0.1) is 0 Å². The van der Waals surface area contributed by atoms with Gasteiger partial charge in [-0.05, 0) is 30.7 Å². The van der Waals surface area contributed by atoms with E-state index in [9.17, 15) is 14.4 Å². The molecule has 1 heterocycles. The minimum atomic E-state index is -0.573. The molecule has 5 nitrogen and oxygen atoms in total. The van der Waals surface area contributed by atoms with Crippen molar-refractivity contribution in [1.82, 2.24) is 5.32 Å². The monoisotopic (exact) mass is 413 g/mol. The second kappa shape index (κ2) is 9.71. The number of benzene rings is 1. The van der Waals surface area contributed by atoms with E-state index in [1.807, 2.05) is 6.07 Å². The minimum Gasteiger partial charge on any atom is -0.457 e. The molecule has 0 radical (unpaired) electrons. The molecule has 0 saturated carbocycles. The van der Waals surface area contributed by atoms with Gasteiger partial charge < -0.3 is 10.1 Å². The second-order valence-corrected chi connectivity index (χ2v) is 7.44. The summed E-state index contributed by atoms with van der Waals surface area (Å²) in [4.78, 5) is 36.4. The van der Waals surface area contributed by atoms with Gasteiger partial charge in [0, 0.05) is 34.0 Å². The molecule has 0 aliphatic rings. The summed E-state index contributed by atoms with van der Waals surface area (Å²) in [5, 5.41) is 3.45. The summed E-state index contributed by atoms with van der Waals surface area (Å²) < 4.78 is 5.04. The Bertz CT molecular complexity index is 799. The van der Waals surface area contributed by atoms with Gasteiger partial charge in [-0.15, -0.1) is 11.3 Å². The van der Waals surface area contributed by atoms with E-state index in [4.69, 9.17) is 27.9 Å². The quantitative estimate of drug-likeness (QED) is 0.528. The fourth-order valence-corrected chi connectivity index (χ4v) is 3.60. The van der Waals surface area contributed by atoms with Crippen molar-refractivity contribution in [3.8, 4) is 0 Å². The third-order valence-corrected chi connectivity index (χ3v) is 5.32. The zero-order chi connectivity index (χ0) is 19.1. The molecule has 0 aliphatic carbocycles. The number of carbonyl (C=O) groups is 3. The maximum absolute atomic E-state index is 12.1. The van der Waals surface area contributed by atoms with Crippen LogP contribution in [0.25, 0.3) is 0 Å². The lowest BCUT2D eigenvalue weighted by Crippen LogP contribution is -2.22. The van der Waals surface area contributed by atoms with Crippen LogP contribution in [0.2, 0.25) is 10.0 Å². The van der Waals surface area contributed by atoms with Crippen LogP contribution in [0.15, 0.2) is 30.3 Å². The smallest absolute Gasteiger partial charge is 0.310 e. The van der Waals surface area contributed by atoms with Crippen molar-refractivity contribution in [2.75, 3.05) is 13.2 Å². The van der Waals surface area contributed by atoms with E-state index in [1.54, 1.807) is 24.3 Å². The summed E-state index contributed by atoms with van der Waals surface area (Å²) in [5.41, 5.74) is 0.477. The Kier molecular flexibility index (Phi) is 7.63. The largest absolute Gasteiger partial charge is 0.457 e. The van der Waals surface area contributed by atoms with Gasteiger partial charge in [0.15, 0.2) is 6.61 Å². The minimum absolute atomic E-state index is 0.0941. The van der Waals surface area contributed by atoms with Crippen molar-refractivity contribution in [2.45, 2.75) is 19.8 Å². The number of ketones is 1. The van der Waals surface area contributed by atoms with E-state index >= 15 is 0 Å². The number of nitrogens with one attached hydrogen (secondary N) is 1. The van der Waals surface area contributed by atoms with Gasteiger partial charge in [0.05, 0.1) is 11.3 Å². The van der Waals surface area contributed by atoms with Crippen LogP contribution in [0.5, 0.6) is 0 Å². The van der Waals surface area contributed by atoms with Crippen LogP contribution in [-0.2, 0) is 27.2 Å². The lowest BCUT2D eigenvalue weighted by atomic mass is 10.1. The molecule has 0 saturated heterocycles. The molecule has 2 aromatic rings. The summed E-state index contributed by atoms with van der Waals surface area (Å²) >= 11 is 13.3. The van der Waals surface area contributed by atoms with Gasteiger partial charge in [0.1, 0.15) is 0 Å². The third-order valence-electron chi connectivity index (χ3n) is 3.43. The number of ether oxygens (including phenoxy) is 1. The Morgan fingerprint density at radius 2 is 1.81 bits per heavy atom. The van der Waals surface area contributed by atoms with Gasteiger partial charge in [-0.3, -0.25) is 14.4 Å². The molecule has 26 heavy (non-hydrogen) atoms. The molecule has 1 aromatic carbocycles. The van der Waals surface area contributed by atoms with E-state index in [0.29, 0.717) is 33.5 Å². The number of amides is 1. The van der Waals surface area contributed by atoms with Crippen molar-refractivity contribution in [2.24, 2.45) is 0 Å². The lowest BCUT2D eigenvalue weighted by Gasteiger charge is -2.07. The molecule has 0 aliphatic heterocycles. The summed E-state index contributed by atoms with van der Waals surface area (Å²) in [6.07, 6.45) is 0.542. The van der Waals surface area contributed by atoms with Crippen molar-refractivity contribution >= 4 is 52.2 Å². The van der Waals surface area contributed by atoms with E-state index in [2.05, 4.69) is 5.32 Å². The molecule has 1 amide bonds. The number of halogens is 2. The topological polar surface area (TPSA) is 72.5 Å². The number of thiophene rings is 1. The Hall–Kier alpha value is -1.89. The summed E-state index contributed by atoms with van der Waals surface area (Å²) in [6, 6.07) is 8.47. The van der Waals surface area contributed by atoms with Gasteiger partial charge in [-0.1, -0.05) is 29.3 Å². The summed E-state index contributed by atoms with van der Waals surface area (Å²) in [6.45, 7) is 1.62. The number of esters is 1. The van der Waals surface area contributed by atoms with E-state index < -0.39 is 5.97 Å². The van der Waals surface area contributed by atoms with Gasteiger partial charge in [0.25, 0.3) is 0 Å². The molecule has 0 unspecified atom stereocenters. The first-order valence-electron chi connectivity index (χ1n) is 7.81. The van der Waals surface area contributed by atoms with E-state index in [0.717, 1.165) is 4.88 Å². The molecule has 1 N–H and O–H groups in total. The molecule has 0 fully saturated rings. The zero-order valence-corrected chi connectivity index (χ0v) is 16.3.